The molecule has 0 spiro atoms. The van der Waals surface area contributed by atoms with Gasteiger partial charge in [-0.25, -0.2) is 9.97 Å². The van der Waals surface area contributed by atoms with E-state index in [2.05, 4.69) is 179 Å². The highest BCUT2D eigenvalue weighted by atomic mass is 32.2. The largest absolute Gasteiger partial charge is 0.307 e. The number of fused-ring (bicyclic) bond motifs is 13. The number of nitrogens with zero attached hydrogens (tertiary/aromatic N) is 4. The Hall–Kier alpha value is -6.73. The van der Waals surface area contributed by atoms with Crippen LogP contribution in [0, 0.1) is 0 Å². The third-order valence-corrected chi connectivity index (χ3v) is 13.7. The van der Waals surface area contributed by atoms with Gasteiger partial charge in [-0.3, -0.25) is 4.57 Å². The van der Waals surface area contributed by atoms with E-state index < -0.39 is 0 Å². The summed E-state index contributed by atoms with van der Waals surface area (Å²) in [6, 6.07) is 61.6. The van der Waals surface area contributed by atoms with E-state index in [1.807, 2.05) is 11.8 Å². The Morgan fingerprint density at radius 2 is 1.16 bits per heavy atom. The predicted octanol–water partition coefficient (Wildman–Crippen LogP) is 14.0. The summed E-state index contributed by atoms with van der Waals surface area (Å²) < 4.78 is 6.04. The smallest absolute Gasteiger partial charge is 0.166 e. The number of rotatable bonds is 3. The van der Waals surface area contributed by atoms with E-state index in [4.69, 9.17) is 9.97 Å². The van der Waals surface area contributed by atoms with Crippen molar-refractivity contribution in [2.45, 2.75) is 9.79 Å². The zero-order chi connectivity index (χ0) is 36.5. The van der Waals surface area contributed by atoms with E-state index in [-0.39, 0.29) is 0 Å². The van der Waals surface area contributed by atoms with Gasteiger partial charge in [0.2, 0.25) is 0 Å². The Labute approximate surface area is 328 Å². The van der Waals surface area contributed by atoms with Crippen LogP contribution in [-0.2, 0) is 0 Å². The molecular formula is C50H28N4S2. The SMILES string of the molecule is c1ccc(-c2nc3c(nc2-n2c4ccccc4c4ccc(-c5cc6c(c7ccccc57)c5cccc7c5n6-c5ccccc5S7)cc42)sc2ccccc23)cc1. The number of para-hydroxylation sites is 3. The van der Waals surface area contributed by atoms with Crippen LogP contribution in [0.15, 0.2) is 180 Å². The predicted molar refractivity (Wildman–Crippen MR) is 236 cm³/mol. The maximum Gasteiger partial charge on any atom is 0.166 e. The molecule has 13 rings (SSSR count). The van der Waals surface area contributed by atoms with Crippen molar-refractivity contribution in [3.63, 3.8) is 0 Å². The number of hydrogen-bond donors (Lipinski definition) is 0. The third kappa shape index (κ3) is 4.14. The molecule has 6 heteroatoms. The Kier molecular flexibility index (Phi) is 6.23. The van der Waals surface area contributed by atoms with E-state index in [1.165, 1.54) is 69.1 Å². The standard InChI is InChI=1S/C50H28N4S2/c1-2-13-29(14-3-1)46-49(52-50-47(51-46)35-18-7-10-22-42(35)56-50)54-38-20-8-6-16-32(38)33-26-25-30(27-40(33)54)37-28-41-45(34-17-5-4-15-31(34)37)36-19-12-24-44-48(36)53(41)39-21-9-11-23-43(39)55-44/h1-28H. The van der Waals surface area contributed by atoms with E-state index >= 15 is 0 Å². The van der Waals surface area contributed by atoms with Gasteiger partial charge in [-0.1, -0.05) is 139 Å². The highest BCUT2D eigenvalue weighted by Crippen LogP contribution is 2.50. The molecule has 12 aromatic rings. The molecule has 1 aliphatic rings. The molecule has 0 unspecified atom stereocenters. The monoisotopic (exact) mass is 748 g/mol. The molecule has 8 aromatic carbocycles. The minimum absolute atomic E-state index is 0.836. The molecule has 260 valence electrons. The first-order valence-electron chi connectivity index (χ1n) is 18.8. The second kappa shape index (κ2) is 11.4. The second-order valence-corrected chi connectivity index (χ2v) is 16.6. The summed E-state index contributed by atoms with van der Waals surface area (Å²) in [6.07, 6.45) is 0. The zero-order valence-electron chi connectivity index (χ0n) is 29.8. The summed E-state index contributed by atoms with van der Waals surface area (Å²) in [7, 11) is 0. The number of benzene rings is 8. The fraction of sp³-hybridized carbons (Fsp3) is 0. The highest BCUT2D eigenvalue weighted by molar-refractivity contribution is 7.99. The summed E-state index contributed by atoms with van der Waals surface area (Å²) in [6.45, 7) is 0. The molecule has 4 aromatic heterocycles. The summed E-state index contributed by atoms with van der Waals surface area (Å²) >= 11 is 3.57. The molecule has 0 radical (unpaired) electrons. The molecule has 1 aliphatic heterocycles. The van der Waals surface area contributed by atoms with Crippen LogP contribution in [0.5, 0.6) is 0 Å². The van der Waals surface area contributed by atoms with Gasteiger partial charge in [-0.05, 0) is 64.4 Å². The van der Waals surface area contributed by atoms with Gasteiger partial charge in [0.15, 0.2) is 5.82 Å². The van der Waals surface area contributed by atoms with Crippen molar-refractivity contribution in [1.29, 1.82) is 0 Å². The first-order valence-corrected chi connectivity index (χ1v) is 20.5. The fourth-order valence-corrected chi connectivity index (χ4v) is 11.2. The van der Waals surface area contributed by atoms with Crippen LogP contribution in [0.3, 0.4) is 0 Å². The van der Waals surface area contributed by atoms with Crippen LogP contribution in [0.1, 0.15) is 0 Å². The topological polar surface area (TPSA) is 35.6 Å². The lowest BCUT2D eigenvalue weighted by Gasteiger charge is -2.20. The second-order valence-electron chi connectivity index (χ2n) is 14.5. The Balaban J connectivity index is 1.14. The Morgan fingerprint density at radius 1 is 0.446 bits per heavy atom. The van der Waals surface area contributed by atoms with Crippen molar-refractivity contribution in [3.8, 4) is 33.9 Å². The van der Waals surface area contributed by atoms with Crippen molar-refractivity contribution >= 4 is 97.9 Å². The van der Waals surface area contributed by atoms with Gasteiger partial charge < -0.3 is 4.57 Å². The van der Waals surface area contributed by atoms with Crippen LogP contribution < -0.4 is 0 Å². The summed E-state index contributed by atoms with van der Waals surface area (Å²) in [5.74, 6) is 0.836. The molecule has 0 saturated carbocycles. The van der Waals surface area contributed by atoms with Crippen LogP contribution >= 0.6 is 23.1 Å². The molecule has 0 saturated heterocycles. The first kappa shape index (κ1) is 30.6. The third-order valence-electron chi connectivity index (χ3n) is 11.5. The number of hydrogen-bond acceptors (Lipinski definition) is 4. The lowest BCUT2D eigenvalue weighted by Crippen LogP contribution is -2.03. The molecular weight excluding hydrogens is 721 g/mol. The molecule has 0 N–H and O–H groups in total. The molecule has 0 fully saturated rings. The summed E-state index contributed by atoms with van der Waals surface area (Å²) in [5.41, 5.74) is 11.2. The van der Waals surface area contributed by atoms with Gasteiger partial charge in [0.05, 0.1) is 27.8 Å². The van der Waals surface area contributed by atoms with Gasteiger partial charge in [-0.2, -0.15) is 0 Å². The van der Waals surface area contributed by atoms with E-state index in [1.54, 1.807) is 11.3 Å². The van der Waals surface area contributed by atoms with E-state index in [0.29, 0.717) is 0 Å². The molecule has 0 aliphatic carbocycles. The van der Waals surface area contributed by atoms with Crippen molar-refractivity contribution in [2.24, 2.45) is 0 Å². The van der Waals surface area contributed by atoms with Crippen LogP contribution in [0.4, 0.5) is 0 Å². The minimum atomic E-state index is 0.836. The molecule has 0 bridgehead atoms. The zero-order valence-corrected chi connectivity index (χ0v) is 31.4. The van der Waals surface area contributed by atoms with Crippen LogP contribution in [0.2, 0.25) is 0 Å². The lowest BCUT2D eigenvalue weighted by atomic mass is 9.94. The molecule has 5 heterocycles. The van der Waals surface area contributed by atoms with E-state index in [9.17, 15) is 0 Å². The normalized spacial score (nSPS) is 12.6. The highest BCUT2D eigenvalue weighted by Gasteiger charge is 2.26. The van der Waals surface area contributed by atoms with Gasteiger partial charge in [0, 0.05) is 47.0 Å². The molecule has 0 amide bonds. The van der Waals surface area contributed by atoms with Gasteiger partial charge in [0.1, 0.15) is 16.0 Å². The van der Waals surface area contributed by atoms with Crippen molar-refractivity contribution in [2.75, 3.05) is 0 Å². The van der Waals surface area contributed by atoms with Crippen molar-refractivity contribution in [3.05, 3.63) is 170 Å². The van der Waals surface area contributed by atoms with Crippen LogP contribution in [-0.4, -0.2) is 19.1 Å². The van der Waals surface area contributed by atoms with E-state index in [0.717, 1.165) is 49.4 Å². The average Bonchev–Trinajstić information content (AvgIpc) is 3.91. The first-order chi connectivity index (χ1) is 27.8. The molecule has 0 atom stereocenters. The maximum absolute atomic E-state index is 5.52. The fourth-order valence-electron chi connectivity index (χ4n) is 9.14. The summed E-state index contributed by atoms with van der Waals surface area (Å²) in [4.78, 5) is 14.5. The van der Waals surface area contributed by atoms with Crippen molar-refractivity contribution in [1.82, 2.24) is 19.1 Å². The number of thiophene rings is 1. The Morgan fingerprint density at radius 3 is 2.07 bits per heavy atom. The number of aromatic nitrogens is 4. The van der Waals surface area contributed by atoms with Gasteiger partial charge in [-0.15, -0.1) is 11.3 Å². The van der Waals surface area contributed by atoms with Gasteiger partial charge >= 0.3 is 0 Å². The maximum atomic E-state index is 5.52. The minimum Gasteiger partial charge on any atom is -0.307 e. The Bertz CT molecular complexity index is 3630. The average molecular weight is 749 g/mol. The van der Waals surface area contributed by atoms with Crippen LogP contribution in [0.25, 0.3) is 109 Å². The van der Waals surface area contributed by atoms with Crippen molar-refractivity contribution < 1.29 is 0 Å². The quantitative estimate of drug-likeness (QED) is 0.180. The lowest BCUT2D eigenvalue weighted by molar-refractivity contribution is 1.09. The van der Waals surface area contributed by atoms with Gasteiger partial charge in [0.25, 0.3) is 0 Å². The summed E-state index contributed by atoms with van der Waals surface area (Å²) in [5, 5.41) is 8.61. The molecule has 56 heavy (non-hydrogen) atoms. The molecule has 4 nitrogen and oxygen atoms in total.